The fourth-order valence-corrected chi connectivity index (χ4v) is 5.28. The van der Waals surface area contributed by atoms with E-state index in [2.05, 4.69) is 10.3 Å². The van der Waals surface area contributed by atoms with Gasteiger partial charge < -0.3 is 15.2 Å². The lowest BCUT2D eigenvalue weighted by Crippen LogP contribution is -2.17. The van der Waals surface area contributed by atoms with Crippen molar-refractivity contribution in [3.8, 4) is 5.75 Å². The van der Waals surface area contributed by atoms with E-state index < -0.39 is 28.1 Å². The summed E-state index contributed by atoms with van der Waals surface area (Å²) >= 11 is 3.06. The zero-order valence-corrected chi connectivity index (χ0v) is 19.3. The predicted octanol–water partition coefficient (Wildman–Crippen LogP) is 5.46. The molecule has 1 aromatic heterocycles. The number of benzene rings is 3. The molecule has 0 spiro atoms. The lowest BCUT2D eigenvalue weighted by atomic mass is 10.0. The molecular formula is C23H17N3O6S2. The second-order valence-corrected chi connectivity index (χ2v) is 9.27. The number of ether oxygens (including phenoxy) is 1. The van der Waals surface area contributed by atoms with Crippen LogP contribution in [0.25, 0.3) is 10.2 Å². The number of nitrogens with one attached hydrogen (secondary N) is 1. The van der Waals surface area contributed by atoms with Crippen molar-refractivity contribution in [3.63, 3.8) is 0 Å². The highest BCUT2D eigenvalue weighted by Gasteiger charge is 2.27. The number of nitro groups is 1. The molecule has 11 heteroatoms. The van der Waals surface area contributed by atoms with Crippen molar-refractivity contribution in [2.24, 2.45) is 0 Å². The van der Waals surface area contributed by atoms with Gasteiger partial charge in [0.15, 0.2) is 4.34 Å². The van der Waals surface area contributed by atoms with Crippen LogP contribution in [0.2, 0.25) is 0 Å². The first-order valence-corrected chi connectivity index (χ1v) is 11.6. The minimum absolute atomic E-state index is 0.290. The molecule has 0 fully saturated rings. The van der Waals surface area contributed by atoms with Crippen molar-refractivity contribution >= 4 is 56.6 Å². The van der Waals surface area contributed by atoms with E-state index in [1.165, 1.54) is 23.5 Å². The number of nitro benzene ring substituents is 1. The lowest BCUT2D eigenvalue weighted by Gasteiger charge is -2.08. The summed E-state index contributed by atoms with van der Waals surface area (Å²) in [6.45, 7) is 0. The number of carboxylic acids is 1. The van der Waals surface area contributed by atoms with Crippen molar-refractivity contribution in [1.82, 2.24) is 4.98 Å². The standard InChI is InChI=1S/C23H17N3O6S2/c1-32-15-8-5-13(6-9-15)12-33-23-25-17-10-7-14(11-19(17)34-23)24-21(27)16-3-2-4-18(26(30)31)20(16)22(28)29/h2-11H,12H2,1H3,(H,24,27)(H,28,29). The monoisotopic (exact) mass is 495 g/mol. The Labute approximate surface area is 201 Å². The van der Waals surface area contributed by atoms with Gasteiger partial charge in [-0.05, 0) is 42.0 Å². The van der Waals surface area contributed by atoms with Crippen molar-refractivity contribution < 1.29 is 24.4 Å². The second-order valence-electron chi connectivity index (χ2n) is 7.02. The first-order valence-electron chi connectivity index (χ1n) is 9.84. The number of fused-ring (bicyclic) bond motifs is 1. The summed E-state index contributed by atoms with van der Waals surface area (Å²) in [6.07, 6.45) is 0. The maximum atomic E-state index is 12.7. The molecule has 34 heavy (non-hydrogen) atoms. The molecule has 3 aromatic carbocycles. The molecule has 0 aliphatic rings. The Hall–Kier alpha value is -3.96. The number of thiazole rings is 1. The molecule has 1 amide bonds. The summed E-state index contributed by atoms with van der Waals surface area (Å²) in [5.74, 6) is -0.769. The first kappa shape index (κ1) is 23.2. The van der Waals surface area contributed by atoms with Crippen LogP contribution in [0.4, 0.5) is 11.4 Å². The summed E-state index contributed by atoms with van der Waals surface area (Å²) in [5, 5.41) is 23.2. The topological polar surface area (TPSA) is 132 Å². The van der Waals surface area contributed by atoms with Crippen LogP contribution in [-0.4, -0.2) is 34.0 Å². The summed E-state index contributed by atoms with van der Waals surface area (Å²) in [7, 11) is 1.62. The van der Waals surface area contributed by atoms with E-state index >= 15 is 0 Å². The molecule has 2 N–H and O–H groups in total. The molecule has 1 heterocycles. The van der Waals surface area contributed by atoms with Crippen molar-refractivity contribution in [1.29, 1.82) is 0 Å². The van der Waals surface area contributed by atoms with Gasteiger partial charge in [-0.2, -0.15) is 0 Å². The van der Waals surface area contributed by atoms with E-state index in [-0.39, 0.29) is 5.56 Å². The van der Waals surface area contributed by atoms with Gasteiger partial charge in [0, 0.05) is 17.5 Å². The van der Waals surface area contributed by atoms with Crippen molar-refractivity contribution in [3.05, 3.63) is 87.5 Å². The van der Waals surface area contributed by atoms with Crippen molar-refractivity contribution in [2.45, 2.75) is 10.1 Å². The first-order chi connectivity index (χ1) is 16.4. The summed E-state index contributed by atoms with van der Waals surface area (Å²) in [6, 6.07) is 16.5. The minimum Gasteiger partial charge on any atom is -0.497 e. The van der Waals surface area contributed by atoms with E-state index in [4.69, 9.17) is 4.74 Å². The Balaban J connectivity index is 1.51. The van der Waals surface area contributed by atoms with Gasteiger partial charge in [-0.15, -0.1) is 11.3 Å². The SMILES string of the molecule is COc1ccc(CSc2nc3ccc(NC(=O)c4cccc([N+](=O)[O-])c4C(=O)O)cc3s2)cc1. The molecule has 4 rings (SSSR count). The molecule has 0 radical (unpaired) electrons. The molecule has 4 aromatic rings. The molecule has 0 aliphatic heterocycles. The molecule has 0 bridgehead atoms. The molecular weight excluding hydrogens is 478 g/mol. The third kappa shape index (κ3) is 5.00. The number of aromatic carboxylic acids is 1. The number of nitrogens with zero attached hydrogens (tertiary/aromatic N) is 2. The minimum atomic E-state index is -1.55. The summed E-state index contributed by atoms with van der Waals surface area (Å²) < 4.78 is 6.87. The normalized spacial score (nSPS) is 10.7. The molecule has 9 nitrogen and oxygen atoms in total. The van der Waals surface area contributed by atoms with Crippen LogP contribution in [0.5, 0.6) is 5.75 Å². The maximum absolute atomic E-state index is 12.7. The number of anilines is 1. The third-order valence-electron chi connectivity index (χ3n) is 4.85. The van der Waals surface area contributed by atoms with E-state index in [0.29, 0.717) is 5.69 Å². The fraction of sp³-hybridized carbons (Fsp3) is 0.0870. The highest BCUT2D eigenvalue weighted by molar-refractivity contribution is 8.00. The highest BCUT2D eigenvalue weighted by Crippen LogP contribution is 2.33. The van der Waals surface area contributed by atoms with Crippen LogP contribution in [-0.2, 0) is 5.75 Å². The van der Waals surface area contributed by atoms with Crippen LogP contribution in [0.1, 0.15) is 26.3 Å². The number of rotatable bonds is 8. The van der Waals surface area contributed by atoms with Crippen LogP contribution in [0.3, 0.4) is 0 Å². The van der Waals surface area contributed by atoms with Gasteiger partial charge in [-0.25, -0.2) is 9.78 Å². The molecule has 0 atom stereocenters. The van der Waals surface area contributed by atoms with Crippen LogP contribution in [0, 0.1) is 10.1 Å². The zero-order valence-electron chi connectivity index (χ0n) is 17.7. The zero-order chi connectivity index (χ0) is 24.2. The molecule has 0 saturated carbocycles. The molecule has 0 saturated heterocycles. The number of amides is 1. The van der Waals surface area contributed by atoms with E-state index in [9.17, 15) is 24.8 Å². The Bertz CT molecular complexity index is 1400. The fourth-order valence-electron chi connectivity index (χ4n) is 3.21. The Kier molecular flexibility index (Phi) is 6.75. The van der Waals surface area contributed by atoms with Crippen molar-refractivity contribution in [2.75, 3.05) is 12.4 Å². The highest BCUT2D eigenvalue weighted by atomic mass is 32.2. The smallest absolute Gasteiger partial charge is 0.343 e. The number of carbonyl (C=O) groups excluding carboxylic acids is 1. The van der Waals surface area contributed by atoms with Gasteiger partial charge in [-0.1, -0.05) is 30.0 Å². The summed E-state index contributed by atoms with van der Waals surface area (Å²) in [4.78, 5) is 39.3. The van der Waals surface area contributed by atoms with Crippen LogP contribution < -0.4 is 10.1 Å². The van der Waals surface area contributed by atoms with Gasteiger partial charge in [0.1, 0.15) is 11.3 Å². The predicted molar refractivity (Wildman–Crippen MR) is 130 cm³/mol. The third-order valence-corrected chi connectivity index (χ3v) is 7.08. The Morgan fingerprint density at radius 1 is 1.18 bits per heavy atom. The van der Waals surface area contributed by atoms with E-state index in [1.807, 2.05) is 24.3 Å². The molecule has 0 aliphatic carbocycles. The Morgan fingerprint density at radius 3 is 2.62 bits per heavy atom. The number of hydrogen-bond donors (Lipinski definition) is 2. The van der Waals surface area contributed by atoms with Crippen LogP contribution >= 0.6 is 23.1 Å². The number of hydrogen-bond acceptors (Lipinski definition) is 8. The average Bonchev–Trinajstić information content (AvgIpc) is 3.24. The largest absolute Gasteiger partial charge is 0.497 e. The van der Waals surface area contributed by atoms with E-state index in [1.54, 1.807) is 37.1 Å². The number of carbonyl (C=O) groups is 2. The van der Waals surface area contributed by atoms with Gasteiger partial charge in [-0.3, -0.25) is 14.9 Å². The lowest BCUT2D eigenvalue weighted by molar-refractivity contribution is -0.385. The average molecular weight is 496 g/mol. The van der Waals surface area contributed by atoms with Gasteiger partial charge in [0.25, 0.3) is 11.6 Å². The molecule has 0 unspecified atom stereocenters. The Morgan fingerprint density at radius 2 is 1.94 bits per heavy atom. The summed E-state index contributed by atoms with van der Waals surface area (Å²) in [5.41, 5.74) is 0.737. The number of methoxy groups -OCH3 is 1. The molecule has 172 valence electrons. The van der Waals surface area contributed by atoms with Gasteiger partial charge in [0.2, 0.25) is 0 Å². The van der Waals surface area contributed by atoms with Gasteiger partial charge in [0.05, 0.1) is 27.8 Å². The number of aromatic nitrogens is 1. The van der Waals surface area contributed by atoms with Crippen LogP contribution in [0.15, 0.2) is 65.0 Å². The van der Waals surface area contributed by atoms with E-state index in [0.717, 1.165) is 37.7 Å². The van der Waals surface area contributed by atoms with Gasteiger partial charge >= 0.3 is 5.97 Å². The maximum Gasteiger partial charge on any atom is 0.343 e. The quantitative estimate of drug-likeness (QED) is 0.187. The second kappa shape index (κ2) is 9.89. The number of carboxylic acid groups (broad SMARTS) is 1. The number of thioether (sulfide) groups is 1.